The zero-order valence-electron chi connectivity index (χ0n) is 47.2. The van der Waals surface area contributed by atoms with Crippen molar-refractivity contribution in [2.24, 2.45) is 0 Å². The number of rotatable bonds is 9. The molecule has 0 radical (unpaired) electrons. The maximum absolute atomic E-state index is 5.47. The topological polar surface area (TPSA) is 97.1 Å². The second kappa shape index (κ2) is 19.7. The van der Waals surface area contributed by atoms with Crippen LogP contribution in [-0.4, -0.2) is 48.2 Å². The average molecular weight is 1130 g/mol. The van der Waals surface area contributed by atoms with E-state index in [9.17, 15) is 0 Å². The molecule has 10 heteroatoms. The van der Waals surface area contributed by atoms with Gasteiger partial charge in [-0.3, -0.25) is 9.13 Å². The Morgan fingerprint density at radius 3 is 0.977 bits per heavy atom. The Balaban J connectivity index is 0.818. The molecule has 0 atom stereocenters. The van der Waals surface area contributed by atoms with E-state index < -0.39 is 0 Å². The summed E-state index contributed by atoms with van der Waals surface area (Å²) < 4.78 is 9.19. The molecule has 0 amide bonds. The molecule has 18 aromatic rings. The molecule has 88 heavy (non-hydrogen) atoms. The summed E-state index contributed by atoms with van der Waals surface area (Å²) in [7, 11) is 0. The average Bonchev–Trinajstić information content (AvgIpc) is 1.66. The van der Waals surface area contributed by atoms with Crippen molar-refractivity contribution >= 4 is 87.2 Å². The first-order valence-corrected chi connectivity index (χ1v) is 29.5. The van der Waals surface area contributed by atoms with Crippen LogP contribution in [-0.2, 0) is 0 Å². The summed E-state index contributed by atoms with van der Waals surface area (Å²) in [5.74, 6) is 3.45. The highest BCUT2D eigenvalue weighted by Crippen LogP contribution is 2.43. The van der Waals surface area contributed by atoms with E-state index in [0.717, 1.165) is 121 Å². The van der Waals surface area contributed by atoms with Gasteiger partial charge in [-0.2, -0.15) is 19.9 Å². The minimum Gasteiger partial charge on any atom is -0.309 e. The van der Waals surface area contributed by atoms with Crippen LogP contribution in [0, 0.1) is 0 Å². The highest BCUT2D eigenvalue weighted by atomic mass is 15.2. The highest BCUT2D eigenvalue weighted by Gasteiger charge is 2.24. The molecule has 0 saturated heterocycles. The summed E-state index contributed by atoms with van der Waals surface area (Å²) in [6, 6.07) is 102. The zero-order valence-corrected chi connectivity index (χ0v) is 47.2. The van der Waals surface area contributed by atoms with Gasteiger partial charge < -0.3 is 9.13 Å². The molecule has 0 aliphatic carbocycles. The lowest BCUT2D eigenvalue weighted by Gasteiger charge is -2.12. The third kappa shape index (κ3) is 7.82. The summed E-state index contributed by atoms with van der Waals surface area (Å²) in [5.41, 5.74) is 16.3. The molecule has 0 aliphatic rings. The van der Waals surface area contributed by atoms with Crippen molar-refractivity contribution in [2.45, 2.75) is 0 Å². The molecule has 18 rings (SSSR count). The van der Waals surface area contributed by atoms with Gasteiger partial charge in [0.1, 0.15) is 0 Å². The van der Waals surface area contributed by atoms with E-state index in [1.54, 1.807) is 0 Å². The Morgan fingerprint density at radius 1 is 0.170 bits per heavy atom. The van der Waals surface area contributed by atoms with Crippen LogP contribution in [0.3, 0.4) is 0 Å². The molecule has 0 bridgehead atoms. The molecular weight excluding hydrogens is 1080 g/mol. The van der Waals surface area contributed by atoms with Crippen LogP contribution in [0.1, 0.15) is 0 Å². The summed E-state index contributed by atoms with van der Waals surface area (Å²) in [4.78, 5) is 31.7. The van der Waals surface area contributed by atoms with Gasteiger partial charge in [-0.1, -0.05) is 212 Å². The van der Waals surface area contributed by atoms with Gasteiger partial charge in [0.2, 0.25) is 11.9 Å². The van der Waals surface area contributed by atoms with Crippen molar-refractivity contribution in [3.63, 3.8) is 0 Å². The molecule has 410 valence electrons. The molecule has 12 aromatic carbocycles. The number of hydrogen-bond acceptors (Lipinski definition) is 6. The number of aromatic nitrogens is 10. The van der Waals surface area contributed by atoms with Gasteiger partial charge in [0.15, 0.2) is 23.3 Å². The molecule has 10 nitrogen and oxygen atoms in total. The van der Waals surface area contributed by atoms with Crippen LogP contribution in [0.4, 0.5) is 0 Å². The van der Waals surface area contributed by atoms with Gasteiger partial charge >= 0.3 is 0 Å². The van der Waals surface area contributed by atoms with Crippen LogP contribution in [0.25, 0.3) is 167 Å². The van der Waals surface area contributed by atoms with Crippen molar-refractivity contribution in [2.75, 3.05) is 0 Å². The molecular formula is C78H48N10. The Bertz CT molecular complexity index is 5730. The smallest absolute Gasteiger partial charge is 0.238 e. The normalized spacial score (nSPS) is 11.9. The predicted octanol–water partition coefficient (Wildman–Crippen LogP) is 18.8. The molecule has 0 fully saturated rings. The summed E-state index contributed by atoms with van der Waals surface area (Å²) in [6.45, 7) is 0. The predicted molar refractivity (Wildman–Crippen MR) is 358 cm³/mol. The van der Waals surface area contributed by atoms with Crippen molar-refractivity contribution in [1.82, 2.24) is 48.2 Å². The Hall–Kier alpha value is -12.1. The first-order chi connectivity index (χ1) is 43.6. The maximum Gasteiger partial charge on any atom is 0.238 e. The molecule has 6 aromatic heterocycles. The number of benzene rings is 12. The molecule has 0 aliphatic heterocycles. The minimum absolute atomic E-state index is 0.535. The van der Waals surface area contributed by atoms with Gasteiger partial charge in [-0.15, -0.1) is 0 Å². The third-order valence-corrected chi connectivity index (χ3v) is 17.3. The van der Waals surface area contributed by atoms with Gasteiger partial charge in [0.05, 0.1) is 44.1 Å². The summed E-state index contributed by atoms with van der Waals surface area (Å²) in [5, 5.41) is 9.04. The van der Waals surface area contributed by atoms with E-state index in [1.165, 1.54) is 10.8 Å². The van der Waals surface area contributed by atoms with E-state index in [1.807, 2.05) is 78.9 Å². The SMILES string of the molecule is c1ccc(-c2nc(-c3ccccc3)nc(-n3c4ccccc4c4cc5c(cc43)c3ccc(-c4cccc(-c6nc(-c7ccccc7)nc(-n7c8ccccc8c8cc9c%10ccccc%10n(-c%10ccccc%10)c9cc87)n6)c4)cc3n5-c3ccccc3)n2)cc1. The fourth-order valence-corrected chi connectivity index (χ4v) is 13.3. The van der Waals surface area contributed by atoms with Gasteiger partial charge in [0, 0.05) is 76.7 Å². The van der Waals surface area contributed by atoms with Crippen molar-refractivity contribution in [3.05, 3.63) is 291 Å². The first kappa shape index (κ1) is 49.3. The summed E-state index contributed by atoms with van der Waals surface area (Å²) >= 11 is 0. The second-order valence-electron chi connectivity index (χ2n) is 22.3. The molecule has 0 saturated carbocycles. The van der Waals surface area contributed by atoms with Crippen LogP contribution in [0.5, 0.6) is 0 Å². The van der Waals surface area contributed by atoms with E-state index in [-0.39, 0.29) is 0 Å². The number of hydrogen-bond donors (Lipinski definition) is 0. The monoisotopic (exact) mass is 1120 g/mol. The van der Waals surface area contributed by atoms with E-state index in [2.05, 4.69) is 231 Å². The van der Waals surface area contributed by atoms with Crippen LogP contribution in [0.15, 0.2) is 291 Å². The lowest BCUT2D eigenvalue weighted by Crippen LogP contribution is -2.06. The standard InChI is InChI=1S/C78H48N10/c1-6-23-49(24-7-1)73-79-74(50-25-8-2-9-26-50)82-77(81-73)87-67-40-21-18-37-59(67)63-46-69-64(47-70(63)87)60-42-41-53(44-68(60)86(69)56-33-14-5-15-34-56)52-29-22-30-54(43-52)76-80-75(51-27-10-3-11-28-51)83-78(84-76)88-66-39-20-17-36-58(66)62-45-61-57-35-16-19-38-65(57)85(71(61)48-72(62)88)55-31-12-4-13-32-55/h1-48H. The quantitative estimate of drug-likeness (QED) is 0.143. The Kier molecular flexibility index (Phi) is 11.1. The third-order valence-electron chi connectivity index (χ3n) is 17.3. The van der Waals surface area contributed by atoms with Gasteiger partial charge in [-0.05, 0) is 90.0 Å². The van der Waals surface area contributed by atoms with Gasteiger partial charge in [0.25, 0.3) is 0 Å². The fraction of sp³-hybridized carbons (Fsp3) is 0. The molecule has 0 spiro atoms. The summed E-state index contributed by atoms with van der Waals surface area (Å²) in [6.07, 6.45) is 0. The first-order valence-electron chi connectivity index (χ1n) is 29.5. The maximum atomic E-state index is 5.47. The lowest BCUT2D eigenvalue weighted by molar-refractivity contribution is 0.953. The van der Waals surface area contributed by atoms with Crippen molar-refractivity contribution in [1.29, 1.82) is 0 Å². The van der Waals surface area contributed by atoms with Crippen LogP contribution < -0.4 is 0 Å². The Labute approximate surface area is 503 Å². The van der Waals surface area contributed by atoms with Crippen molar-refractivity contribution < 1.29 is 0 Å². The van der Waals surface area contributed by atoms with Crippen LogP contribution in [0.2, 0.25) is 0 Å². The van der Waals surface area contributed by atoms with E-state index >= 15 is 0 Å². The minimum atomic E-state index is 0.535. The number of para-hydroxylation sites is 5. The number of fused-ring (bicyclic) bond motifs is 12. The number of nitrogens with zero attached hydrogens (tertiary/aromatic N) is 10. The second-order valence-corrected chi connectivity index (χ2v) is 22.3. The van der Waals surface area contributed by atoms with E-state index in [0.29, 0.717) is 35.2 Å². The largest absolute Gasteiger partial charge is 0.309 e. The van der Waals surface area contributed by atoms with Crippen LogP contribution >= 0.6 is 0 Å². The van der Waals surface area contributed by atoms with E-state index in [4.69, 9.17) is 29.9 Å². The Morgan fingerprint density at radius 2 is 0.489 bits per heavy atom. The molecule has 0 N–H and O–H groups in total. The van der Waals surface area contributed by atoms with Gasteiger partial charge in [-0.25, -0.2) is 9.97 Å². The zero-order chi connectivity index (χ0) is 57.8. The molecule has 6 heterocycles. The fourth-order valence-electron chi connectivity index (χ4n) is 13.3. The van der Waals surface area contributed by atoms with Crippen molar-refractivity contribution in [3.8, 4) is 79.9 Å². The highest BCUT2D eigenvalue weighted by molar-refractivity contribution is 6.21. The lowest BCUT2D eigenvalue weighted by atomic mass is 10.0. The molecule has 0 unspecified atom stereocenters.